The Bertz CT molecular complexity index is 1110. The normalized spacial score (nSPS) is 22.2. The first-order valence-corrected chi connectivity index (χ1v) is 12.1. The van der Waals surface area contributed by atoms with Crippen LogP contribution in [0.5, 0.6) is 0 Å². The van der Waals surface area contributed by atoms with E-state index in [0.29, 0.717) is 25.0 Å². The van der Waals surface area contributed by atoms with Crippen molar-refractivity contribution in [2.24, 2.45) is 5.92 Å². The van der Waals surface area contributed by atoms with Gasteiger partial charge >= 0.3 is 0 Å². The van der Waals surface area contributed by atoms with Gasteiger partial charge in [-0.2, -0.15) is 5.10 Å². The summed E-state index contributed by atoms with van der Waals surface area (Å²) in [4.78, 5) is 15.2. The number of rotatable bonds is 6. The minimum Gasteiger partial charge on any atom is -0.340 e. The number of likely N-dealkylation sites (N-methyl/N-ethyl adjacent to an activating group) is 1. The molecule has 33 heavy (non-hydrogen) atoms. The lowest BCUT2D eigenvalue weighted by Crippen LogP contribution is -2.46. The Morgan fingerprint density at radius 2 is 1.82 bits per heavy atom. The molecule has 2 aliphatic rings. The molecular weight excluding hydrogens is 434 g/mol. The third-order valence-corrected chi connectivity index (χ3v) is 7.27. The second-order valence-electron chi connectivity index (χ2n) is 9.17. The van der Waals surface area contributed by atoms with Gasteiger partial charge in [-0.15, -0.1) is 0 Å². The molecule has 1 aliphatic heterocycles. The van der Waals surface area contributed by atoms with Crippen molar-refractivity contribution in [2.45, 2.75) is 50.9 Å². The van der Waals surface area contributed by atoms with Crippen LogP contribution < -0.4 is 10.9 Å². The second kappa shape index (κ2) is 9.67. The second-order valence-corrected chi connectivity index (χ2v) is 9.58. The summed E-state index contributed by atoms with van der Waals surface area (Å²) in [6.45, 7) is 1.08. The molecule has 3 atom stereocenters. The van der Waals surface area contributed by atoms with E-state index in [1.54, 1.807) is 0 Å². The third kappa shape index (κ3) is 4.69. The number of fused-ring (bicyclic) bond motifs is 1. The van der Waals surface area contributed by atoms with Gasteiger partial charge < -0.3 is 4.90 Å². The first-order valence-electron chi connectivity index (χ1n) is 11.7. The summed E-state index contributed by atoms with van der Waals surface area (Å²) in [6.07, 6.45) is 6.71. The van der Waals surface area contributed by atoms with Crippen molar-refractivity contribution in [3.63, 3.8) is 0 Å². The number of carbonyl (C=O) groups is 1. The van der Waals surface area contributed by atoms with E-state index in [-0.39, 0.29) is 11.9 Å². The number of hydrogen-bond acceptors (Lipinski definition) is 4. The van der Waals surface area contributed by atoms with Gasteiger partial charge in [-0.3, -0.25) is 14.9 Å². The topological polar surface area (TPSA) is 62.2 Å². The van der Waals surface area contributed by atoms with Crippen molar-refractivity contribution in [1.82, 2.24) is 25.5 Å². The highest BCUT2D eigenvalue weighted by Gasteiger charge is 2.42. The van der Waals surface area contributed by atoms with Crippen molar-refractivity contribution in [1.29, 1.82) is 0 Å². The Morgan fingerprint density at radius 1 is 1.06 bits per heavy atom. The first kappa shape index (κ1) is 22.1. The Morgan fingerprint density at radius 3 is 2.64 bits per heavy atom. The van der Waals surface area contributed by atoms with E-state index in [2.05, 4.69) is 23.0 Å². The first-order chi connectivity index (χ1) is 16.1. The smallest absolute Gasteiger partial charge is 0.241 e. The molecule has 5 rings (SSSR count). The zero-order valence-corrected chi connectivity index (χ0v) is 19.6. The highest BCUT2D eigenvalue weighted by molar-refractivity contribution is 6.31. The van der Waals surface area contributed by atoms with E-state index in [9.17, 15) is 4.79 Å². The van der Waals surface area contributed by atoms with Crippen LogP contribution in [-0.2, 0) is 17.9 Å². The lowest BCUT2D eigenvalue weighted by molar-refractivity contribution is -0.133. The molecule has 2 fully saturated rings. The van der Waals surface area contributed by atoms with Crippen molar-refractivity contribution in [2.75, 3.05) is 7.05 Å². The van der Waals surface area contributed by atoms with Crippen LogP contribution in [-0.4, -0.2) is 39.7 Å². The van der Waals surface area contributed by atoms with E-state index in [4.69, 9.17) is 16.7 Å². The Labute approximate surface area is 199 Å². The van der Waals surface area contributed by atoms with E-state index >= 15 is 0 Å². The molecule has 0 spiro atoms. The number of aromatic nitrogens is 2. The highest BCUT2D eigenvalue weighted by atomic mass is 35.5. The predicted molar refractivity (Wildman–Crippen MR) is 130 cm³/mol. The molecule has 1 aliphatic carbocycles. The number of hydrazine groups is 1. The summed E-state index contributed by atoms with van der Waals surface area (Å²) < 4.78 is 1.92. The maximum atomic E-state index is 13.4. The molecule has 0 radical (unpaired) electrons. The molecule has 2 heterocycles. The van der Waals surface area contributed by atoms with Crippen LogP contribution in [0.1, 0.15) is 36.8 Å². The molecular formula is C26H30ClN5O. The minimum atomic E-state index is -0.168. The molecule has 1 saturated carbocycles. The van der Waals surface area contributed by atoms with Crippen LogP contribution in [0.15, 0.2) is 60.8 Å². The average molecular weight is 464 g/mol. The molecule has 1 saturated heterocycles. The summed E-state index contributed by atoms with van der Waals surface area (Å²) in [6, 6.07) is 18.2. The fourth-order valence-electron chi connectivity index (χ4n) is 5.16. The maximum absolute atomic E-state index is 13.4. The Kier molecular flexibility index (Phi) is 6.49. The average Bonchev–Trinajstić information content (AvgIpc) is 3.45. The minimum absolute atomic E-state index is 0.134. The largest absolute Gasteiger partial charge is 0.340 e. The predicted octanol–water partition coefficient (Wildman–Crippen LogP) is 4.25. The van der Waals surface area contributed by atoms with Gasteiger partial charge in [0.25, 0.3) is 0 Å². The quantitative estimate of drug-likeness (QED) is 0.573. The molecule has 0 bridgehead atoms. The van der Waals surface area contributed by atoms with Crippen molar-refractivity contribution in [3.8, 4) is 11.3 Å². The molecule has 6 nitrogen and oxygen atoms in total. The zero-order valence-electron chi connectivity index (χ0n) is 18.9. The molecule has 3 aromatic rings. The summed E-state index contributed by atoms with van der Waals surface area (Å²) in [5, 5.41) is 5.61. The van der Waals surface area contributed by atoms with Crippen molar-refractivity contribution < 1.29 is 4.79 Å². The molecule has 2 N–H and O–H groups in total. The monoisotopic (exact) mass is 463 g/mol. The maximum Gasteiger partial charge on any atom is 0.241 e. The van der Waals surface area contributed by atoms with E-state index in [0.717, 1.165) is 40.2 Å². The van der Waals surface area contributed by atoms with Gasteiger partial charge in [0.1, 0.15) is 6.04 Å². The number of amides is 1. The molecule has 172 valence electrons. The number of benzene rings is 2. The summed E-state index contributed by atoms with van der Waals surface area (Å²) in [7, 11) is 1.89. The van der Waals surface area contributed by atoms with Crippen molar-refractivity contribution in [3.05, 3.63) is 76.9 Å². The van der Waals surface area contributed by atoms with Crippen LogP contribution in [0.2, 0.25) is 5.02 Å². The molecule has 1 amide bonds. The van der Waals surface area contributed by atoms with E-state index in [1.165, 1.54) is 12.8 Å². The van der Waals surface area contributed by atoms with Gasteiger partial charge in [-0.25, -0.2) is 5.43 Å². The van der Waals surface area contributed by atoms with Gasteiger partial charge in [0.15, 0.2) is 0 Å². The van der Waals surface area contributed by atoms with Crippen LogP contribution in [0, 0.1) is 5.92 Å². The molecule has 2 aromatic carbocycles. The van der Waals surface area contributed by atoms with Crippen LogP contribution in [0.4, 0.5) is 0 Å². The van der Waals surface area contributed by atoms with E-state index < -0.39 is 0 Å². The van der Waals surface area contributed by atoms with Gasteiger partial charge in [0.05, 0.1) is 12.2 Å². The summed E-state index contributed by atoms with van der Waals surface area (Å²) in [5.74, 6) is 0.500. The number of hydrogen-bond donors (Lipinski definition) is 2. The number of carbonyl (C=O) groups excluding carboxylic acids is 1. The molecule has 3 unspecified atom stereocenters. The fraction of sp³-hybridized carbons (Fsp3) is 0.385. The van der Waals surface area contributed by atoms with Crippen LogP contribution in [0.25, 0.3) is 11.3 Å². The van der Waals surface area contributed by atoms with Crippen molar-refractivity contribution >= 4 is 17.5 Å². The van der Waals surface area contributed by atoms with Crippen LogP contribution in [0.3, 0.4) is 0 Å². The standard InChI is InChI=1S/C26H30ClN5O/c1-31(26(33)25-21-12-6-8-14-23(21)28-29-25)15-20-17-32(16-19-11-5-7-13-22(19)27)30-24(20)18-9-3-2-4-10-18/h2-5,7,9-11,13,17,21,23,25,28-29H,6,8,12,14-16H2,1H3. The molecule has 7 heteroatoms. The number of nitrogens with one attached hydrogen (secondary N) is 2. The Balaban J connectivity index is 1.38. The SMILES string of the molecule is CN(Cc1cn(Cc2ccccc2Cl)nc1-c1ccccc1)C(=O)C1NNC2CCCCC21. The third-order valence-electron chi connectivity index (χ3n) is 6.90. The van der Waals surface area contributed by atoms with Gasteiger partial charge in [0, 0.05) is 47.9 Å². The Hall–Kier alpha value is -2.67. The molecule has 1 aromatic heterocycles. The lowest BCUT2D eigenvalue weighted by atomic mass is 9.81. The number of nitrogens with zero attached hydrogens (tertiary/aromatic N) is 3. The van der Waals surface area contributed by atoms with E-state index in [1.807, 2.05) is 65.3 Å². The zero-order chi connectivity index (χ0) is 22.8. The summed E-state index contributed by atoms with van der Waals surface area (Å²) >= 11 is 6.39. The van der Waals surface area contributed by atoms with Gasteiger partial charge in [-0.05, 0) is 24.5 Å². The van der Waals surface area contributed by atoms with Gasteiger partial charge in [-0.1, -0.05) is 73.0 Å². The van der Waals surface area contributed by atoms with Crippen LogP contribution >= 0.6 is 11.6 Å². The highest BCUT2D eigenvalue weighted by Crippen LogP contribution is 2.31. The summed E-state index contributed by atoms with van der Waals surface area (Å²) in [5.41, 5.74) is 10.6. The van der Waals surface area contributed by atoms with Gasteiger partial charge in [0.2, 0.25) is 5.91 Å². The fourth-order valence-corrected chi connectivity index (χ4v) is 5.35. The number of halogens is 1. The lowest BCUT2D eigenvalue weighted by Gasteiger charge is -2.29.